The minimum Gasteiger partial charge on any atom is -0.495 e. The first kappa shape index (κ1) is 19.0. The Kier molecular flexibility index (Phi) is 6.09. The average molecular weight is 396 g/mol. The predicted octanol–water partition coefficient (Wildman–Crippen LogP) is 3.52. The summed E-state index contributed by atoms with van der Waals surface area (Å²) in [6.45, 7) is 1.85. The van der Waals surface area contributed by atoms with E-state index < -0.39 is 5.25 Å². The molecule has 26 heavy (non-hydrogen) atoms. The summed E-state index contributed by atoms with van der Waals surface area (Å²) < 4.78 is 5.26. The number of hydrogen-bond acceptors (Lipinski definition) is 5. The molecule has 140 valence electrons. The van der Waals surface area contributed by atoms with Crippen molar-refractivity contribution in [3.05, 3.63) is 22.7 Å². The van der Waals surface area contributed by atoms with Crippen molar-refractivity contribution in [1.29, 1.82) is 0 Å². The van der Waals surface area contributed by atoms with Crippen LogP contribution in [0.25, 0.3) is 0 Å². The Morgan fingerprint density at radius 1 is 1.42 bits per heavy atom. The van der Waals surface area contributed by atoms with Gasteiger partial charge >= 0.3 is 0 Å². The van der Waals surface area contributed by atoms with Gasteiger partial charge in [-0.1, -0.05) is 36.2 Å². The van der Waals surface area contributed by atoms with E-state index >= 15 is 0 Å². The van der Waals surface area contributed by atoms with Crippen molar-refractivity contribution in [3.63, 3.8) is 0 Å². The highest BCUT2D eigenvalue weighted by molar-refractivity contribution is 8.15. The lowest BCUT2D eigenvalue weighted by atomic mass is 10.2. The summed E-state index contributed by atoms with van der Waals surface area (Å²) in [4.78, 5) is 29.1. The van der Waals surface area contributed by atoms with Crippen LogP contribution in [0.2, 0.25) is 5.02 Å². The highest BCUT2D eigenvalue weighted by Gasteiger charge is 2.33. The number of nitrogens with one attached hydrogen (secondary N) is 2. The van der Waals surface area contributed by atoms with Crippen molar-refractivity contribution in [2.24, 2.45) is 4.99 Å². The zero-order valence-corrected chi connectivity index (χ0v) is 16.4. The van der Waals surface area contributed by atoms with Crippen LogP contribution in [0.3, 0.4) is 0 Å². The Labute approximate surface area is 162 Å². The lowest BCUT2D eigenvalue weighted by Crippen LogP contribution is -2.28. The van der Waals surface area contributed by atoms with E-state index in [0.717, 1.165) is 18.4 Å². The molecule has 1 unspecified atom stereocenters. The molecule has 1 aromatic rings. The predicted molar refractivity (Wildman–Crippen MR) is 105 cm³/mol. The van der Waals surface area contributed by atoms with Crippen LogP contribution in [0.1, 0.15) is 37.7 Å². The van der Waals surface area contributed by atoms with E-state index in [9.17, 15) is 9.59 Å². The number of aliphatic imine (C=N–C) groups is 1. The number of ether oxygens (including phenoxy) is 1. The first-order valence-corrected chi connectivity index (χ1v) is 9.91. The van der Waals surface area contributed by atoms with Gasteiger partial charge in [-0.05, 0) is 31.4 Å². The SMILES string of the molecule is COc1cc(Cl)c(C)cc1NC(=O)CC1SC(=NC2CCCC2)NC1=O. The minimum absolute atomic E-state index is 0.0744. The third-order valence-corrected chi connectivity index (χ3v) is 6.03. The van der Waals surface area contributed by atoms with E-state index in [1.54, 1.807) is 12.1 Å². The topological polar surface area (TPSA) is 79.8 Å². The summed E-state index contributed by atoms with van der Waals surface area (Å²) in [6.07, 6.45) is 4.59. The lowest BCUT2D eigenvalue weighted by molar-refractivity contribution is -0.122. The monoisotopic (exact) mass is 395 g/mol. The number of methoxy groups -OCH3 is 1. The van der Waals surface area contributed by atoms with Crippen LogP contribution in [0.4, 0.5) is 5.69 Å². The Balaban J connectivity index is 1.61. The van der Waals surface area contributed by atoms with E-state index in [2.05, 4.69) is 15.6 Å². The third kappa shape index (κ3) is 4.51. The summed E-state index contributed by atoms with van der Waals surface area (Å²) >= 11 is 7.42. The van der Waals surface area contributed by atoms with Gasteiger partial charge in [0, 0.05) is 17.5 Å². The van der Waals surface area contributed by atoms with Crippen LogP contribution in [-0.4, -0.2) is 35.4 Å². The van der Waals surface area contributed by atoms with Crippen LogP contribution < -0.4 is 15.4 Å². The van der Waals surface area contributed by atoms with Crippen molar-refractivity contribution in [2.75, 3.05) is 12.4 Å². The fourth-order valence-corrected chi connectivity index (χ4v) is 4.29. The minimum atomic E-state index is -0.463. The number of amides is 2. The van der Waals surface area contributed by atoms with Crippen molar-refractivity contribution in [2.45, 2.75) is 50.3 Å². The van der Waals surface area contributed by atoms with Gasteiger partial charge in [-0.15, -0.1) is 0 Å². The average Bonchev–Trinajstić information content (AvgIpc) is 3.21. The van der Waals surface area contributed by atoms with Crippen molar-refractivity contribution in [3.8, 4) is 5.75 Å². The number of benzene rings is 1. The molecule has 1 saturated carbocycles. The van der Waals surface area contributed by atoms with Crippen LogP contribution in [-0.2, 0) is 9.59 Å². The molecule has 2 fully saturated rings. The molecule has 1 aliphatic carbocycles. The molecule has 3 rings (SSSR count). The van der Waals surface area contributed by atoms with Gasteiger partial charge in [-0.25, -0.2) is 0 Å². The quantitative estimate of drug-likeness (QED) is 0.799. The van der Waals surface area contributed by atoms with Gasteiger partial charge in [0.2, 0.25) is 11.8 Å². The number of carbonyl (C=O) groups is 2. The molecule has 2 N–H and O–H groups in total. The van der Waals surface area contributed by atoms with Gasteiger partial charge in [-0.3, -0.25) is 14.6 Å². The van der Waals surface area contributed by atoms with E-state index in [1.807, 2.05) is 6.92 Å². The molecular weight excluding hydrogens is 374 g/mol. The largest absolute Gasteiger partial charge is 0.495 e. The van der Waals surface area contributed by atoms with Gasteiger partial charge in [0.15, 0.2) is 5.17 Å². The fraction of sp³-hybridized carbons (Fsp3) is 0.500. The molecule has 1 aliphatic heterocycles. The standard InChI is InChI=1S/C18H22ClN3O3S/c1-10-7-13(14(25-2)8-12(10)19)21-16(23)9-15-17(24)22-18(26-15)20-11-5-3-4-6-11/h7-8,11,15H,3-6,9H2,1-2H3,(H,21,23)(H,20,22,24). The maximum absolute atomic E-state index is 12.4. The summed E-state index contributed by atoms with van der Waals surface area (Å²) in [6, 6.07) is 3.72. The maximum atomic E-state index is 12.4. The molecule has 1 heterocycles. The molecule has 0 spiro atoms. The first-order chi connectivity index (χ1) is 12.5. The number of rotatable bonds is 5. The molecular formula is C18H22ClN3O3S. The van der Waals surface area contributed by atoms with Crippen molar-refractivity contribution in [1.82, 2.24) is 5.32 Å². The normalized spacial score (nSPS) is 21.9. The number of halogens is 1. The number of carbonyl (C=O) groups excluding carboxylic acids is 2. The molecule has 6 nitrogen and oxygen atoms in total. The number of amidine groups is 1. The fourth-order valence-electron chi connectivity index (χ4n) is 3.10. The number of thioether (sulfide) groups is 1. The molecule has 0 radical (unpaired) electrons. The van der Waals surface area contributed by atoms with E-state index in [0.29, 0.717) is 27.7 Å². The van der Waals surface area contributed by atoms with E-state index in [1.165, 1.54) is 31.7 Å². The molecule has 0 bridgehead atoms. The zero-order chi connectivity index (χ0) is 18.7. The molecule has 8 heteroatoms. The second-order valence-corrected chi connectivity index (χ2v) is 8.12. The second kappa shape index (κ2) is 8.31. The Hall–Kier alpha value is -1.73. The maximum Gasteiger partial charge on any atom is 0.240 e. The van der Waals surface area contributed by atoms with Crippen LogP contribution in [0, 0.1) is 6.92 Å². The van der Waals surface area contributed by atoms with E-state index in [4.69, 9.17) is 16.3 Å². The van der Waals surface area contributed by atoms with Crippen LogP contribution >= 0.6 is 23.4 Å². The van der Waals surface area contributed by atoms with Gasteiger partial charge in [0.25, 0.3) is 0 Å². The molecule has 1 atom stereocenters. The molecule has 0 aromatic heterocycles. The number of anilines is 1. The molecule has 2 aliphatic rings. The highest BCUT2D eigenvalue weighted by Crippen LogP contribution is 2.32. The number of aryl methyl sites for hydroxylation is 1. The van der Waals surface area contributed by atoms with Gasteiger partial charge in [0.1, 0.15) is 11.0 Å². The Morgan fingerprint density at radius 3 is 2.85 bits per heavy atom. The lowest BCUT2D eigenvalue weighted by Gasteiger charge is -2.13. The van der Waals surface area contributed by atoms with Gasteiger partial charge in [-0.2, -0.15) is 0 Å². The van der Waals surface area contributed by atoms with Crippen molar-refractivity contribution >= 4 is 46.0 Å². The molecule has 2 amide bonds. The molecule has 1 saturated heterocycles. The number of nitrogens with zero attached hydrogens (tertiary/aromatic N) is 1. The third-order valence-electron chi connectivity index (χ3n) is 4.53. The van der Waals surface area contributed by atoms with E-state index in [-0.39, 0.29) is 18.2 Å². The summed E-state index contributed by atoms with van der Waals surface area (Å²) in [5.74, 6) is 0.0712. The Morgan fingerprint density at radius 2 is 2.15 bits per heavy atom. The summed E-state index contributed by atoms with van der Waals surface area (Å²) in [7, 11) is 1.52. The highest BCUT2D eigenvalue weighted by atomic mass is 35.5. The number of hydrogen-bond donors (Lipinski definition) is 2. The zero-order valence-electron chi connectivity index (χ0n) is 14.8. The van der Waals surface area contributed by atoms with Gasteiger partial charge < -0.3 is 15.4 Å². The second-order valence-electron chi connectivity index (χ2n) is 6.52. The molecule has 1 aromatic carbocycles. The van der Waals surface area contributed by atoms with Crippen molar-refractivity contribution < 1.29 is 14.3 Å². The summed E-state index contributed by atoms with van der Waals surface area (Å²) in [5, 5.41) is 6.34. The first-order valence-electron chi connectivity index (χ1n) is 8.65. The Bertz CT molecular complexity index is 747. The van der Waals surface area contributed by atoms with Gasteiger partial charge in [0.05, 0.1) is 18.8 Å². The summed E-state index contributed by atoms with van der Waals surface area (Å²) in [5.41, 5.74) is 1.38. The van der Waals surface area contributed by atoms with Crippen LogP contribution in [0.15, 0.2) is 17.1 Å². The van der Waals surface area contributed by atoms with Crippen LogP contribution in [0.5, 0.6) is 5.75 Å². The smallest absolute Gasteiger partial charge is 0.240 e.